The van der Waals surface area contributed by atoms with Gasteiger partial charge in [0, 0.05) is 12.8 Å². The van der Waals surface area contributed by atoms with E-state index in [1.54, 1.807) is 59.1 Å². The van der Waals surface area contributed by atoms with Crippen molar-refractivity contribution in [2.24, 2.45) is 0 Å². The topological polar surface area (TPSA) is 291 Å². The summed E-state index contributed by atoms with van der Waals surface area (Å²) in [7, 11) is -6.18. The molecule has 5 aromatic rings. The Labute approximate surface area is 636 Å². The highest BCUT2D eigenvalue weighted by Gasteiger charge is 2.57. The number of carbonyl (C=O) groups is 6. The Kier molecular flexibility index (Phi) is 34.2. The zero-order chi connectivity index (χ0) is 77.8. The van der Waals surface area contributed by atoms with Crippen molar-refractivity contribution >= 4 is 51.8 Å². The van der Waals surface area contributed by atoms with Crippen LogP contribution in [0.4, 0.5) is 0 Å². The number of phosphoric ester groups is 1. The van der Waals surface area contributed by atoms with Crippen LogP contribution in [0.25, 0.3) is 0 Å². The molecule has 5 aromatic carbocycles. The van der Waals surface area contributed by atoms with Gasteiger partial charge in [0.05, 0.1) is 97.9 Å². The number of ether oxygens (including phenoxy) is 12. The Morgan fingerprint density at radius 2 is 0.917 bits per heavy atom. The fourth-order valence-electron chi connectivity index (χ4n) is 12.0. The molecule has 0 aliphatic carbocycles. The molecule has 27 heteroatoms. The number of nitrogens with one attached hydrogen (secondary N) is 2. The first-order valence-corrected chi connectivity index (χ1v) is 42.0. The van der Waals surface area contributed by atoms with E-state index in [-0.39, 0.29) is 84.8 Å². The Morgan fingerprint density at radius 3 is 1.42 bits per heavy atom. The molecule has 3 aliphatic rings. The van der Waals surface area contributed by atoms with Crippen LogP contribution in [0.1, 0.15) is 160 Å². The van der Waals surface area contributed by atoms with Crippen molar-refractivity contribution in [2.75, 3.05) is 20.3 Å². The summed E-state index contributed by atoms with van der Waals surface area (Å²) in [5.41, 5.74) is 4.56. The van der Waals surface area contributed by atoms with E-state index in [0.29, 0.717) is 35.3 Å². The minimum atomic E-state index is -4.75. The molecule has 592 valence electrons. The van der Waals surface area contributed by atoms with E-state index in [0.717, 1.165) is 16.7 Å². The maximum Gasteiger partial charge on any atom is 0.475 e. The number of benzene rings is 5. The molecule has 8 rings (SSSR count). The van der Waals surface area contributed by atoms with Gasteiger partial charge in [-0.2, -0.15) is 0 Å². The number of esters is 4. The molecule has 2 fully saturated rings. The molecule has 0 bridgehead atoms. The highest BCUT2D eigenvalue weighted by atomic mass is 31.2. The molecule has 108 heavy (non-hydrogen) atoms. The average molecular weight is 1540 g/mol. The maximum absolute atomic E-state index is 15.4. The predicted octanol–water partition coefficient (Wildman–Crippen LogP) is 13.3. The summed E-state index contributed by atoms with van der Waals surface area (Å²) in [5, 5.41) is 5.71. The first-order chi connectivity index (χ1) is 51.8. The molecule has 25 nitrogen and oxygen atoms in total. The molecular formula is C81H111N2O23PSi. The third kappa shape index (κ3) is 26.5. The number of hydrogen-bond donors (Lipinski definition) is 2. The highest BCUT2D eigenvalue weighted by molar-refractivity contribution is 7.48. The molecule has 2 amide bonds. The molecule has 3 aliphatic heterocycles. The standard InChI is InChI=1S/C81H111N2O23PSi/c1-13-60(93-48-57-38-40-64(91-10)41-39-57)42-67(84)83-74-77(103-71(88)44-61(14-2)94-47-55-32-24-20-25-33-55)75(95-49-56-34-26-21-27-35-56)66(102-80(74)106-108(11,12)81(7,8)9)53-96-79-73(82-68(85)43-62(15-3)99-69(86)17-5)78(104-72(89)45-63(16-4)100-70(87)18-6)76(65(101-79)52-92-46-54-30-22-19-23-31-54)105-107(90)97-50-58-36-28-29-37-59(58)51-98-107/h19-41,60-63,65-66,73-80H,13-18,42-53H2,1-12H3,(H,82,85)(H,83,84)/t60-,61+,62-,63-,65?,66?,73?,74?,75+,76+,77-,78-,79-,80+/m1/s1. The summed E-state index contributed by atoms with van der Waals surface area (Å²) < 4.78 is 119. The largest absolute Gasteiger partial charge is 0.497 e. The van der Waals surface area contributed by atoms with Crippen LogP contribution in [-0.2, 0) is 143 Å². The van der Waals surface area contributed by atoms with Gasteiger partial charge in [0.15, 0.2) is 33.1 Å². The Morgan fingerprint density at radius 1 is 0.491 bits per heavy atom. The molecule has 0 spiro atoms. The minimum Gasteiger partial charge on any atom is -0.497 e. The molecular weight excluding hydrogens is 1430 g/mol. The second-order valence-corrected chi connectivity index (χ2v) is 34.9. The normalized spacial score (nSPS) is 22.5. The Bertz CT molecular complexity index is 3620. The summed E-state index contributed by atoms with van der Waals surface area (Å²) >= 11 is 0. The zero-order valence-electron chi connectivity index (χ0n) is 64.4. The third-order valence-electron chi connectivity index (χ3n) is 19.5. The molecule has 14 atom stereocenters. The smallest absolute Gasteiger partial charge is 0.475 e. The second kappa shape index (κ2) is 42.8. The lowest BCUT2D eigenvalue weighted by Crippen LogP contribution is -2.69. The summed E-state index contributed by atoms with van der Waals surface area (Å²) in [6.07, 6.45) is -15.2. The number of rotatable bonds is 41. The van der Waals surface area contributed by atoms with Gasteiger partial charge >= 0.3 is 31.7 Å². The number of hydrogen-bond acceptors (Lipinski definition) is 23. The predicted molar refractivity (Wildman–Crippen MR) is 401 cm³/mol. The van der Waals surface area contributed by atoms with Gasteiger partial charge < -0.3 is 71.9 Å². The molecule has 2 N–H and O–H groups in total. The second-order valence-electron chi connectivity index (χ2n) is 28.6. The van der Waals surface area contributed by atoms with E-state index in [1.807, 2.05) is 163 Å². The van der Waals surface area contributed by atoms with Crippen molar-refractivity contribution in [3.05, 3.63) is 173 Å². The van der Waals surface area contributed by atoms with Crippen molar-refractivity contribution in [3.63, 3.8) is 0 Å². The van der Waals surface area contributed by atoms with Gasteiger partial charge in [-0.1, -0.05) is 190 Å². The van der Waals surface area contributed by atoms with Gasteiger partial charge in [0.2, 0.25) is 11.8 Å². The van der Waals surface area contributed by atoms with E-state index in [4.69, 9.17) is 74.8 Å². The lowest BCUT2D eigenvalue weighted by atomic mass is 9.95. The third-order valence-corrected chi connectivity index (χ3v) is 25.3. The van der Waals surface area contributed by atoms with Gasteiger partial charge in [0.25, 0.3) is 0 Å². The van der Waals surface area contributed by atoms with E-state index >= 15 is 18.9 Å². The number of carbonyl (C=O) groups excluding carboxylic acids is 6. The van der Waals surface area contributed by atoms with Crippen LogP contribution in [0.3, 0.4) is 0 Å². The Hall–Kier alpha value is -7.27. The summed E-state index contributed by atoms with van der Waals surface area (Å²) in [4.78, 5) is 85.9. The van der Waals surface area contributed by atoms with Crippen molar-refractivity contribution in [1.29, 1.82) is 0 Å². The average Bonchev–Trinajstić information content (AvgIpc) is 0.960. The van der Waals surface area contributed by atoms with Crippen molar-refractivity contribution in [3.8, 4) is 5.75 Å². The fourth-order valence-corrected chi connectivity index (χ4v) is 14.5. The van der Waals surface area contributed by atoms with Crippen LogP contribution in [-0.4, -0.2) is 150 Å². The lowest BCUT2D eigenvalue weighted by molar-refractivity contribution is -0.302. The number of fused-ring (bicyclic) bond motifs is 1. The SMILES string of the molecule is CCC(=O)O[C@H](CC)CC(=O)NC1[C@H](OCC2O[C@@H](O[Si](C)(C)C(C)(C)C)C(NC(=O)C[C@@H](CC)OCc3ccc(OC)cc3)[C@@H](OC(=O)C[C@H](CC)OCc3ccccc3)[C@H]2OCc2ccccc2)OC(COCc2ccccc2)[C@H](OP2(=O)OCc3ccccc3CO2)[C@@H]1OC(=O)C[C@@H](CC)OC(=O)CC. The van der Waals surface area contributed by atoms with Gasteiger partial charge in [-0.25, -0.2) is 4.57 Å². The molecule has 0 aromatic heterocycles. The lowest BCUT2D eigenvalue weighted by Gasteiger charge is -2.50. The molecule has 0 radical (unpaired) electrons. The first kappa shape index (κ1) is 86.3. The van der Waals surface area contributed by atoms with Crippen molar-refractivity contribution < 1.29 is 108 Å². The number of amides is 2. The van der Waals surface area contributed by atoms with Gasteiger partial charge in [0.1, 0.15) is 54.5 Å². The van der Waals surface area contributed by atoms with Crippen molar-refractivity contribution in [1.82, 2.24) is 10.6 Å². The molecule has 0 saturated carbocycles. The molecule has 4 unspecified atom stereocenters. The fraction of sp³-hybridized carbons (Fsp3) is 0.556. The van der Waals surface area contributed by atoms with Gasteiger partial charge in [-0.05, 0) is 89.3 Å². The summed E-state index contributed by atoms with van der Waals surface area (Å²) in [6, 6.07) is 39.7. The zero-order valence-corrected chi connectivity index (χ0v) is 66.3. The van der Waals surface area contributed by atoms with Crippen LogP contribution in [0.2, 0.25) is 18.1 Å². The van der Waals surface area contributed by atoms with Crippen LogP contribution in [0.15, 0.2) is 140 Å². The van der Waals surface area contributed by atoms with Crippen molar-refractivity contribution in [2.45, 2.75) is 270 Å². The first-order valence-electron chi connectivity index (χ1n) is 37.6. The van der Waals surface area contributed by atoms with Gasteiger partial charge in [-0.15, -0.1) is 0 Å². The monoisotopic (exact) mass is 1540 g/mol. The van der Waals surface area contributed by atoms with Crippen LogP contribution in [0, 0.1) is 0 Å². The molecule has 2 saturated heterocycles. The van der Waals surface area contributed by atoms with Crippen LogP contribution >= 0.6 is 7.82 Å². The van der Waals surface area contributed by atoms with E-state index in [1.165, 1.54) is 0 Å². The van der Waals surface area contributed by atoms with Crippen LogP contribution in [0.5, 0.6) is 5.75 Å². The van der Waals surface area contributed by atoms with E-state index in [2.05, 4.69) is 10.6 Å². The maximum atomic E-state index is 15.4. The summed E-state index contributed by atoms with van der Waals surface area (Å²) in [5.74, 6) is -3.30. The quantitative estimate of drug-likeness (QED) is 0.0159. The van der Waals surface area contributed by atoms with E-state index < -0.39 is 162 Å². The number of phosphoric acid groups is 1. The van der Waals surface area contributed by atoms with E-state index in [9.17, 15) is 14.4 Å². The summed E-state index contributed by atoms with van der Waals surface area (Å²) in [6.45, 7) is 19.6. The minimum absolute atomic E-state index is 0.0111. The van der Waals surface area contributed by atoms with Gasteiger partial charge in [-0.3, -0.25) is 42.3 Å². The Balaban J connectivity index is 1.26. The van der Waals surface area contributed by atoms with Crippen LogP contribution < -0.4 is 15.4 Å². The highest BCUT2D eigenvalue weighted by Crippen LogP contribution is 2.55. The molecule has 3 heterocycles. The number of methoxy groups -OCH3 is 1.